The summed E-state index contributed by atoms with van der Waals surface area (Å²) in [6.07, 6.45) is -0.841. The zero-order valence-electron chi connectivity index (χ0n) is 14.7. The molecule has 0 spiro atoms. The topological polar surface area (TPSA) is 40.5 Å². The van der Waals surface area contributed by atoms with E-state index in [1.165, 1.54) is 0 Å². The van der Waals surface area contributed by atoms with Crippen LogP contribution in [0.2, 0.25) is 0 Å². The fourth-order valence-corrected chi connectivity index (χ4v) is 3.00. The van der Waals surface area contributed by atoms with Gasteiger partial charge in [0.15, 0.2) is 5.60 Å². The fourth-order valence-electron chi connectivity index (χ4n) is 3.00. The maximum atomic E-state index is 11.5. The molecule has 2 heteroatoms. The van der Waals surface area contributed by atoms with E-state index in [9.17, 15) is 10.2 Å². The van der Waals surface area contributed by atoms with E-state index in [0.717, 1.165) is 11.1 Å². The first kappa shape index (κ1) is 17.9. The van der Waals surface area contributed by atoms with Crippen LogP contribution in [0.1, 0.15) is 29.7 Å². The lowest BCUT2D eigenvalue weighted by Gasteiger charge is -2.33. The van der Waals surface area contributed by atoms with Crippen LogP contribution in [0, 0.1) is 17.8 Å². The number of aliphatic hydroxyl groups is 2. The van der Waals surface area contributed by atoms with E-state index in [1.807, 2.05) is 97.9 Å². The van der Waals surface area contributed by atoms with Gasteiger partial charge in [0.25, 0.3) is 0 Å². The highest BCUT2D eigenvalue weighted by Crippen LogP contribution is 2.37. The van der Waals surface area contributed by atoms with Crippen molar-refractivity contribution in [3.63, 3.8) is 0 Å². The molecule has 0 unspecified atom stereocenters. The van der Waals surface area contributed by atoms with Gasteiger partial charge in [0.2, 0.25) is 0 Å². The molecule has 0 aliphatic heterocycles. The molecule has 2 nitrogen and oxygen atoms in total. The summed E-state index contributed by atoms with van der Waals surface area (Å²) in [6.45, 7) is 1.82. The summed E-state index contributed by atoms with van der Waals surface area (Å²) in [4.78, 5) is 0. The van der Waals surface area contributed by atoms with Gasteiger partial charge in [-0.15, -0.1) is 0 Å². The lowest BCUT2D eigenvalue weighted by atomic mass is 9.77. The zero-order chi connectivity index (χ0) is 18.4. The minimum atomic E-state index is -1.48. The van der Waals surface area contributed by atoms with Crippen LogP contribution in [0.25, 0.3) is 0 Å². The van der Waals surface area contributed by atoms with E-state index >= 15 is 0 Å². The van der Waals surface area contributed by atoms with E-state index in [0.29, 0.717) is 5.56 Å². The molecule has 3 aromatic carbocycles. The van der Waals surface area contributed by atoms with Crippen LogP contribution in [-0.4, -0.2) is 10.2 Å². The molecule has 3 aromatic rings. The second kappa shape index (κ2) is 8.01. The number of hydrogen-bond acceptors (Lipinski definition) is 2. The van der Waals surface area contributed by atoms with E-state index in [2.05, 4.69) is 11.8 Å². The van der Waals surface area contributed by atoms with Crippen molar-refractivity contribution in [2.24, 2.45) is 5.92 Å². The first-order valence-corrected chi connectivity index (χ1v) is 8.70. The van der Waals surface area contributed by atoms with Crippen LogP contribution >= 0.6 is 0 Å². The number of hydrogen-bond donors (Lipinski definition) is 2. The molecule has 0 radical (unpaired) electrons. The van der Waals surface area contributed by atoms with Crippen molar-refractivity contribution in [1.82, 2.24) is 0 Å². The molecule has 0 amide bonds. The average molecular weight is 342 g/mol. The third-order valence-corrected chi connectivity index (χ3v) is 4.66. The van der Waals surface area contributed by atoms with Gasteiger partial charge < -0.3 is 10.2 Å². The Hall–Kier alpha value is -2.86. The molecule has 0 saturated carbocycles. The Balaban J connectivity index is 2.02. The molecular formula is C24H22O2. The summed E-state index contributed by atoms with van der Waals surface area (Å²) in [7, 11) is 0. The lowest BCUT2D eigenvalue weighted by Crippen LogP contribution is -2.36. The number of aliphatic hydroxyl groups excluding tert-OH is 1. The third-order valence-electron chi connectivity index (χ3n) is 4.66. The van der Waals surface area contributed by atoms with E-state index in [1.54, 1.807) is 0 Å². The summed E-state index contributed by atoms with van der Waals surface area (Å²) >= 11 is 0. The molecule has 0 aliphatic rings. The molecule has 0 saturated heterocycles. The Labute approximate surface area is 154 Å². The maximum absolute atomic E-state index is 11.5. The molecule has 3 rings (SSSR count). The molecule has 0 aromatic heterocycles. The smallest absolute Gasteiger partial charge is 0.156 e. The van der Waals surface area contributed by atoms with Crippen molar-refractivity contribution in [3.8, 4) is 11.8 Å². The molecule has 0 heterocycles. The minimum Gasteiger partial charge on any atom is -0.388 e. The van der Waals surface area contributed by atoms with Crippen molar-refractivity contribution in [2.45, 2.75) is 18.6 Å². The molecule has 0 aliphatic carbocycles. The molecule has 26 heavy (non-hydrogen) atoms. The van der Waals surface area contributed by atoms with Gasteiger partial charge in [-0.25, -0.2) is 0 Å². The summed E-state index contributed by atoms with van der Waals surface area (Å²) in [5.74, 6) is 5.56. The first-order valence-electron chi connectivity index (χ1n) is 8.70. The normalized spacial score (nSPS) is 15.2. The molecule has 0 fully saturated rings. The summed E-state index contributed by atoms with van der Waals surface area (Å²) in [5, 5.41) is 22.4. The van der Waals surface area contributed by atoms with Crippen LogP contribution in [0.3, 0.4) is 0 Å². The Morgan fingerprint density at radius 1 is 0.769 bits per heavy atom. The van der Waals surface area contributed by atoms with Gasteiger partial charge in [-0.1, -0.05) is 97.6 Å². The van der Waals surface area contributed by atoms with Crippen LogP contribution in [0.15, 0.2) is 91.0 Å². The highest BCUT2D eigenvalue weighted by atomic mass is 16.3. The summed E-state index contributed by atoms with van der Waals surface area (Å²) in [5.41, 5.74) is 0.775. The predicted molar refractivity (Wildman–Crippen MR) is 104 cm³/mol. The van der Waals surface area contributed by atoms with Crippen LogP contribution < -0.4 is 0 Å². The molecular weight excluding hydrogens is 320 g/mol. The van der Waals surface area contributed by atoms with E-state index < -0.39 is 17.6 Å². The lowest BCUT2D eigenvalue weighted by molar-refractivity contribution is -0.0284. The minimum absolute atomic E-state index is 0.525. The quantitative estimate of drug-likeness (QED) is 0.694. The predicted octanol–water partition coefficient (Wildman–Crippen LogP) is 4.30. The van der Waals surface area contributed by atoms with Gasteiger partial charge in [-0.2, -0.15) is 0 Å². The highest BCUT2D eigenvalue weighted by molar-refractivity contribution is 5.41. The van der Waals surface area contributed by atoms with Crippen LogP contribution in [0.4, 0.5) is 0 Å². The number of rotatable bonds is 4. The maximum Gasteiger partial charge on any atom is 0.156 e. The van der Waals surface area contributed by atoms with Gasteiger partial charge in [-0.05, 0) is 23.3 Å². The molecule has 2 N–H and O–H groups in total. The second-order valence-corrected chi connectivity index (χ2v) is 6.39. The zero-order valence-corrected chi connectivity index (χ0v) is 14.7. The third kappa shape index (κ3) is 3.86. The molecule has 130 valence electrons. The Morgan fingerprint density at radius 3 is 1.85 bits per heavy atom. The van der Waals surface area contributed by atoms with Gasteiger partial charge in [-0.3, -0.25) is 0 Å². The van der Waals surface area contributed by atoms with Crippen LogP contribution in [0.5, 0.6) is 0 Å². The highest BCUT2D eigenvalue weighted by Gasteiger charge is 2.38. The van der Waals surface area contributed by atoms with Crippen molar-refractivity contribution in [3.05, 3.63) is 108 Å². The van der Waals surface area contributed by atoms with Gasteiger partial charge in [0, 0.05) is 11.5 Å². The molecule has 0 bridgehead atoms. The molecule has 3 atom stereocenters. The van der Waals surface area contributed by atoms with Gasteiger partial charge in [0.05, 0.1) is 6.10 Å². The van der Waals surface area contributed by atoms with Crippen molar-refractivity contribution >= 4 is 0 Å². The van der Waals surface area contributed by atoms with E-state index in [-0.39, 0.29) is 0 Å². The SMILES string of the molecule is C[C@@H]([C@H](O)c1ccccc1)[C@](O)(C#Cc1ccccc1)c1ccccc1. The van der Waals surface area contributed by atoms with Crippen molar-refractivity contribution in [2.75, 3.05) is 0 Å². The average Bonchev–Trinajstić information content (AvgIpc) is 2.73. The van der Waals surface area contributed by atoms with Crippen molar-refractivity contribution in [1.29, 1.82) is 0 Å². The van der Waals surface area contributed by atoms with Crippen LogP contribution in [-0.2, 0) is 5.60 Å². The van der Waals surface area contributed by atoms with Gasteiger partial charge >= 0.3 is 0 Å². The fraction of sp³-hybridized carbons (Fsp3) is 0.167. The second-order valence-electron chi connectivity index (χ2n) is 6.39. The summed E-state index contributed by atoms with van der Waals surface area (Å²) < 4.78 is 0. The largest absolute Gasteiger partial charge is 0.388 e. The monoisotopic (exact) mass is 342 g/mol. The summed E-state index contributed by atoms with van der Waals surface area (Å²) in [6, 6.07) is 28.2. The van der Waals surface area contributed by atoms with E-state index in [4.69, 9.17) is 0 Å². The Morgan fingerprint density at radius 2 is 1.27 bits per heavy atom. The van der Waals surface area contributed by atoms with Gasteiger partial charge in [0.1, 0.15) is 0 Å². The standard InChI is InChI=1S/C24H22O2/c1-19(23(25)21-13-7-3-8-14-21)24(26,22-15-9-4-10-16-22)18-17-20-11-5-2-6-12-20/h2-16,19,23,25-26H,1H3/t19-,23-,24+/m0/s1. The number of benzene rings is 3. The Kier molecular flexibility index (Phi) is 5.53. The van der Waals surface area contributed by atoms with Crippen molar-refractivity contribution < 1.29 is 10.2 Å². The first-order chi connectivity index (χ1) is 12.6. The Bertz CT molecular complexity index is 879.